The lowest BCUT2D eigenvalue weighted by atomic mass is 9.87. The molecule has 0 bridgehead atoms. The first-order valence-electron chi connectivity index (χ1n) is 15.6. The van der Waals surface area contributed by atoms with Crippen molar-refractivity contribution in [1.29, 1.82) is 0 Å². The van der Waals surface area contributed by atoms with E-state index in [-0.39, 0.29) is 56.8 Å². The van der Waals surface area contributed by atoms with E-state index in [0.29, 0.717) is 91.1 Å². The number of carboxylic acids is 3. The number of aliphatic carboxylic acids is 3. The first kappa shape index (κ1) is 40.0. The van der Waals surface area contributed by atoms with Crippen LogP contribution < -0.4 is 5.32 Å². The third-order valence-electron chi connectivity index (χ3n) is 7.38. The molecule has 1 aliphatic heterocycles. The highest BCUT2D eigenvalue weighted by Gasteiger charge is 2.22. The summed E-state index contributed by atoms with van der Waals surface area (Å²) in [5.74, 6) is -3.06. The van der Waals surface area contributed by atoms with Gasteiger partial charge in [0.05, 0.1) is 32.8 Å². The van der Waals surface area contributed by atoms with Gasteiger partial charge in [-0.3, -0.25) is 48.4 Å². The molecular weight excluding hydrogens is 590 g/mol. The quantitative estimate of drug-likeness (QED) is 0.134. The van der Waals surface area contributed by atoms with Crippen molar-refractivity contribution in [2.24, 2.45) is 5.41 Å². The summed E-state index contributed by atoms with van der Waals surface area (Å²) in [6.07, 6.45) is 2.26. The van der Waals surface area contributed by atoms with Gasteiger partial charge in [-0.25, -0.2) is 0 Å². The Bertz CT molecular complexity index is 939. The second kappa shape index (κ2) is 21.7. The van der Waals surface area contributed by atoms with E-state index in [2.05, 4.69) is 5.32 Å². The lowest BCUT2D eigenvalue weighted by molar-refractivity contribution is -0.140. The molecule has 0 radical (unpaired) electrons. The molecule has 0 atom stereocenters. The average Bonchev–Trinajstić information content (AvgIpc) is 2.92. The maximum absolute atomic E-state index is 12.7. The first-order valence-corrected chi connectivity index (χ1v) is 15.6. The smallest absolute Gasteiger partial charge is 0.317 e. The van der Waals surface area contributed by atoms with Gasteiger partial charge in [-0.15, -0.1) is 0 Å². The molecule has 0 saturated carbocycles. The number of hydrogen-bond donors (Lipinski definition) is 4. The van der Waals surface area contributed by atoms with Gasteiger partial charge in [-0.05, 0) is 12.8 Å². The van der Waals surface area contributed by atoms with Crippen LogP contribution in [0.2, 0.25) is 0 Å². The minimum absolute atomic E-state index is 0.0270. The number of Topliss-reactive ketones (excluding diaryl/α,β-unsaturated/α-hetero) is 2. The number of amides is 1. The number of carboxylic acid groups (broad SMARTS) is 3. The van der Waals surface area contributed by atoms with Gasteiger partial charge in [0.15, 0.2) is 0 Å². The number of carbonyl (C=O) groups excluding carboxylic acids is 3. The van der Waals surface area contributed by atoms with Crippen LogP contribution in [0.15, 0.2) is 0 Å². The molecule has 4 N–H and O–H groups in total. The maximum atomic E-state index is 12.7. The molecule has 15 heteroatoms. The molecule has 0 aliphatic carbocycles. The van der Waals surface area contributed by atoms with Crippen LogP contribution in [0.5, 0.6) is 0 Å². The van der Waals surface area contributed by atoms with Gasteiger partial charge in [-0.2, -0.15) is 0 Å². The Labute approximate surface area is 265 Å². The third kappa shape index (κ3) is 20.6. The van der Waals surface area contributed by atoms with E-state index in [0.717, 1.165) is 0 Å². The topological polar surface area (TPSA) is 197 Å². The molecule has 0 unspecified atom stereocenters. The van der Waals surface area contributed by atoms with Crippen molar-refractivity contribution in [3.63, 3.8) is 0 Å². The van der Waals surface area contributed by atoms with Gasteiger partial charge in [0.1, 0.15) is 11.6 Å². The van der Waals surface area contributed by atoms with Crippen LogP contribution in [-0.2, 0) is 33.5 Å². The van der Waals surface area contributed by atoms with Crippen LogP contribution in [0.3, 0.4) is 0 Å². The fourth-order valence-electron chi connectivity index (χ4n) is 4.73. The fourth-order valence-corrected chi connectivity index (χ4v) is 4.73. The Hall–Kier alpha value is -2.98. The van der Waals surface area contributed by atoms with Gasteiger partial charge < -0.3 is 25.4 Å². The number of ketones is 2. The van der Waals surface area contributed by atoms with Crippen LogP contribution in [-0.4, -0.2) is 169 Å². The van der Waals surface area contributed by atoms with Gasteiger partial charge >= 0.3 is 17.9 Å². The number of nitrogens with zero attached hydrogens (tertiary/aromatic N) is 4. The molecule has 0 spiro atoms. The minimum atomic E-state index is -1.02. The standard InChI is InChI=1S/C30H53N5O10/c1-30(2,3)25(37)8-4-6-24(36)7-5-18-45-19-9-31-26(38)20-32-10-12-33(21-27(39)40)14-16-35(23-29(43)44)17-15-34(13-11-32)22-28(41)42/h4-23H2,1-3H3,(H,31,38)(H,39,40)(H,41,42)(H,43,44). The summed E-state index contributed by atoms with van der Waals surface area (Å²) in [5.41, 5.74) is -0.391. The zero-order valence-electron chi connectivity index (χ0n) is 27.1. The molecule has 1 heterocycles. The highest BCUT2D eigenvalue weighted by molar-refractivity contribution is 5.84. The Morgan fingerprint density at radius 2 is 1.00 bits per heavy atom. The van der Waals surface area contributed by atoms with Crippen LogP contribution in [0, 0.1) is 5.41 Å². The van der Waals surface area contributed by atoms with E-state index >= 15 is 0 Å². The summed E-state index contributed by atoms with van der Waals surface area (Å²) in [6.45, 7) is 8.42. The third-order valence-corrected chi connectivity index (χ3v) is 7.38. The summed E-state index contributed by atoms with van der Waals surface area (Å²) in [6, 6.07) is 0. The summed E-state index contributed by atoms with van der Waals surface area (Å²) in [4.78, 5) is 77.7. The van der Waals surface area contributed by atoms with Crippen molar-refractivity contribution < 1.29 is 48.8 Å². The zero-order valence-corrected chi connectivity index (χ0v) is 27.1. The molecule has 1 saturated heterocycles. The number of carbonyl (C=O) groups is 6. The molecule has 0 aromatic carbocycles. The van der Waals surface area contributed by atoms with Crippen LogP contribution in [0.4, 0.5) is 0 Å². The molecule has 1 amide bonds. The Kier molecular flexibility index (Phi) is 19.3. The maximum Gasteiger partial charge on any atom is 0.317 e. The van der Waals surface area contributed by atoms with Crippen molar-refractivity contribution in [2.75, 3.05) is 98.3 Å². The average molecular weight is 644 g/mol. The SMILES string of the molecule is CC(C)(C)C(=O)CCCC(=O)CCCOCCNC(=O)CN1CCN(CC(=O)O)CCN(CC(=O)O)CCN(CC(=O)O)CC1. The lowest BCUT2D eigenvalue weighted by Crippen LogP contribution is -2.50. The zero-order chi connectivity index (χ0) is 33.8. The first-order chi connectivity index (χ1) is 21.1. The van der Waals surface area contributed by atoms with E-state index < -0.39 is 23.3 Å². The van der Waals surface area contributed by atoms with Crippen molar-refractivity contribution in [1.82, 2.24) is 24.9 Å². The minimum Gasteiger partial charge on any atom is -0.480 e. The second-order valence-corrected chi connectivity index (χ2v) is 12.4. The molecule has 15 nitrogen and oxygen atoms in total. The predicted octanol–water partition coefficient (Wildman–Crippen LogP) is -0.271. The van der Waals surface area contributed by atoms with Crippen LogP contribution >= 0.6 is 0 Å². The van der Waals surface area contributed by atoms with Crippen molar-refractivity contribution in [3.05, 3.63) is 0 Å². The number of rotatable bonds is 19. The molecule has 45 heavy (non-hydrogen) atoms. The van der Waals surface area contributed by atoms with E-state index in [9.17, 15) is 44.1 Å². The van der Waals surface area contributed by atoms with Crippen molar-refractivity contribution >= 4 is 35.4 Å². The number of ether oxygens (including phenoxy) is 1. The molecule has 1 rings (SSSR count). The fraction of sp³-hybridized carbons (Fsp3) is 0.800. The number of hydrogen-bond acceptors (Lipinski definition) is 11. The van der Waals surface area contributed by atoms with Crippen LogP contribution in [0.1, 0.15) is 52.9 Å². The lowest BCUT2D eigenvalue weighted by Gasteiger charge is -2.32. The van der Waals surface area contributed by atoms with E-state index in [4.69, 9.17) is 4.74 Å². The molecule has 1 aliphatic rings. The molecule has 0 aromatic rings. The second-order valence-electron chi connectivity index (χ2n) is 12.4. The summed E-state index contributed by atoms with van der Waals surface area (Å²) < 4.78 is 5.54. The van der Waals surface area contributed by atoms with Gasteiger partial charge in [0.25, 0.3) is 0 Å². The van der Waals surface area contributed by atoms with Crippen molar-refractivity contribution in [3.8, 4) is 0 Å². The van der Waals surface area contributed by atoms with E-state index in [1.54, 1.807) is 14.7 Å². The summed E-state index contributed by atoms with van der Waals surface area (Å²) in [7, 11) is 0. The van der Waals surface area contributed by atoms with Gasteiger partial charge in [0, 0.05) is 90.2 Å². The van der Waals surface area contributed by atoms with E-state index in [1.165, 1.54) is 0 Å². The highest BCUT2D eigenvalue weighted by Crippen LogP contribution is 2.18. The van der Waals surface area contributed by atoms with Crippen LogP contribution in [0.25, 0.3) is 0 Å². The normalized spacial score (nSPS) is 16.8. The monoisotopic (exact) mass is 643 g/mol. The highest BCUT2D eigenvalue weighted by atomic mass is 16.5. The Morgan fingerprint density at radius 1 is 0.600 bits per heavy atom. The molecule has 0 aromatic heterocycles. The van der Waals surface area contributed by atoms with Crippen molar-refractivity contribution in [2.45, 2.75) is 52.9 Å². The Balaban J connectivity index is 2.52. The predicted molar refractivity (Wildman–Crippen MR) is 165 cm³/mol. The summed E-state index contributed by atoms with van der Waals surface area (Å²) in [5, 5.41) is 30.7. The Morgan fingerprint density at radius 3 is 1.40 bits per heavy atom. The van der Waals surface area contributed by atoms with Gasteiger partial charge in [0.2, 0.25) is 5.91 Å². The summed E-state index contributed by atoms with van der Waals surface area (Å²) >= 11 is 0. The molecule has 258 valence electrons. The van der Waals surface area contributed by atoms with Gasteiger partial charge in [-0.1, -0.05) is 20.8 Å². The van der Waals surface area contributed by atoms with E-state index in [1.807, 2.05) is 25.7 Å². The number of nitrogens with one attached hydrogen (secondary N) is 1. The molecular formula is C30H53N5O10. The molecule has 1 fully saturated rings. The largest absolute Gasteiger partial charge is 0.480 e.